The molecular formula is C22H24N2O4S. The highest BCUT2D eigenvalue weighted by Gasteiger charge is 2.20. The zero-order chi connectivity index (χ0) is 20.5. The van der Waals surface area contributed by atoms with Crippen LogP contribution in [0.15, 0.2) is 59.6 Å². The van der Waals surface area contributed by atoms with Crippen LogP contribution in [-0.2, 0) is 4.79 Å². The van der Waals surface area contributed by atoms with Gasteiger partial charge >= 0.3 is 0 Å². The summed E-state index contributed by atoms with van der Waals surface area (Å²) in [5.41, 5.74) is 1.99. The number of hydrogen-bond acceptors (Lipinski definition) is 6. The molecule has 3 rings (SSSR count). The van der Waals surface area contributed by atoms with Crippen LogP contribution in [0.3, 0.4) is 0 Å². The Morgan fingerprint density at radius 1 is 1.21 bits per heavy atom. The van der Waals surface area contributed by atoms with Crippen molar-refractivity contribution in [1.82, 2.24) is 5.32 Å². The number of aliphatic hydroxyl groups is 1. The lowest BCUT2D eigenvalue weighted by Gasteiger charge is -2.06. The molecule has 1 heterocycles. The van der Waals surface area contributed by atoms with Gasteiger partial charge in [0.15, 0.2) is 5.17 Å². The van der Waals surface area contributed by atoms with Gasteiger partial charge in [-0.1, -0.05) is 36.0 Å². The number of aliphatic imine (C=N–C) groups is 1. The molecule has 0 spiro atoms. The fourth-order valence-electron chi connectivity index (χ4n) is 2.69. The highest BCUT2D eigenvalue weighted by Crippen LogP contribution is 2.30. The number of ether oxygens (including phenoxy) is 2. The Kier molecular flexibility index (Phi) is 7.72. The molecule has 2 N–H and O–H groups in total. The van der Waals surface area contributed by atoms with E-state index in [2.05, 4.69) is 10.3 Å². The number of nitrogens with zero attached hydrogens (tertiary/aromatic N) is 1. The fraction of sp³-hybridized carbons (Fsp3) is 0.273. The van der Waals surface area contributed by atoms with Crippen LogP contribution >= 0.6 is 11.8 Å². The Morgan fingerprint density at radius 2 is 1.93 bits per heavy atom. The van der Waals surface area contributed by atoms with E-state index < -0.39 is 0 Å². The van der Waals surface area contributed by atoms with Gasteiger partial charge in [0, 0.05) is 24.9 Å². The first-order chi connectivity index (χ1) is 14.2. The molecule has 0 saturated heterocycles. The Labute approximate surface area is 174 Å². The number of aliphatic hydroxyl groups excluding tert-OH is 1. The van der Waals surface area contributed by atoms with Gasteiger partial charge in [0.2, 0.25) is 5.91 Å². The number of methoxy groups -OCH3 is 1. The molecule has 29 heavy (non-hydrogen) atoms. The number of benzene rings is 2. The highest BCUT2D eigenvalue weighted by molar-refractivity contribution is 8.14. The molecule has 7 heteroatoms. The third kappa shape index (κ3) is 6.37. The summed E-state index contributed by atoms with van der Waals surface area (Å²) in [6, 6.07) is 15.3. The lowest BCUT2D eigenvalue weighted by Crippen LogP contribution is -2.25. The highest BCUT2D eigenvalue weighted by atomic mass is 32.2. The third-order valence-electron chi connectivity index (χ3n) is 4.26. The van der Waals surface area contributed by atoms with E-state index in [-0.39, 0.29) is 18.6 Å². The van der Waals surface area contributed by atoms with Gasteiger partial charge < -0.3 is 19.9 Å². The first kappa shape index (κ1) is 21.0. The third-order valence-corrected chi connectivity index (χ3v) is 5.22. The summed E-state index contributed by atoms with van der Waals surface area (Å²) in [7, 11) is 1.64. The first-order valence-corrected chi connectivity index (χ1v) is 10.3. The van der Waals surface area contributed by atoms with Crippen LogP contribution in [0.5, 0.6) is 11.5 Å². The van der Waals surface area contributed by atoms with Gasteiger partial charge in [-0.25, -0.2) is 0 Å². The summed E-state index contributed by atoms with van der Waals surface area (Å²) in [6.07, 6.45) is 3.84. The van der Waals surface area contributed by atoms with E-state index in [1.165, 1.54) is 17.8 Å². The summed E-state index contributed by atoms with van der Waals surface area (Å²) in [5.74, 6) is 2.13. The number of amides is 1. The Balaban J connectivity index is 1.51. The number of rotatable bonds is 8. The molecule has 1 atom stereocenters. The zero-order valence-electron chi connectivity index (χ0n) is 16.2. The summed E-state index contributed by atoms with van der Waals surface area (Å²) < 4.78 is 10.7. The van der Waals surface area contributed by atoms with Gasteiger partial charge in [-0.15, -0.1) is 0 Å². The van der Waals surface area contributed by atoms with Crippen LogP contribution in [0, 0.1) is 0 Å². The fourth-order valence-corrected chi connectivity index (χ4v) is 3.65. The molecule has 0 aliphatic carbocycles. The molecule has 2 aromatic rings. The van der Waals surface area contributed by atoms with Crippen molar-refractivity contribution < 1.29 is 19.4 Å². The average Bonchev–Trinajstić information content (AvgIpc) is 3.22. The molecule has 0 bridgehead atoms. The van der Waals surface area contributed by atoms with E-state index in [1.54, 1.807) is 13.2 Å². The van der Waals surface area contributed by atoms with E-state index in [0.717, 1.165) is 28.4 Å². The largest absolute Gasteiger partial charge is 0.497 e. The SMILES string of the molecule is COc1ccc(C2CSC(NC(=O)/C=C/c3ccc(OCCCO)cc3)=N2)cc1. The molecule has 0 aromatic heterocycles. The molecule has 1 aliphatic heterocycles. The standard InChI is InChI=1S/C22H24N2O4S/c1-27-18-10-6-17(7-11-18)20-15-29-22(23-20)24-21(26)12-5-16-3-8-19(9-4-16)28-14-2-13-25/h3-12,20,25H,2,13-15H2,1H3,(H,23,24,26)/b12-5+. The van der Waals surface area contributed by atoms with Crippen LogP contribution < -0.4 is 14.8 Å². The lowest BCUT2D eigenvalue weighted by atomic mass is 10.1. The predicted molar refractivity (Wildman–Crippen MR) is 116 cm³/mol. The minimum atomic E-state index is -0.213. The number of carbonyl (C=O) groups excluding carboxylic acids is 1. The van der Waals surface area contributed by atoms with Gasteiger partial charge in [-0.3, -0.25) is 9.79 Å². The Bertz CT molecular complexity index is 863. The monoisotopic (exact) mass is 412 g/mol. The zero-order valence-corrected chi connectivity index (χ0v) is 17.0. The van der Waals surface area contributed by atoms with Crippen molar-refractivity contribution in [2.45, 2.75) is 12.5 Å². The topological polar surface area (TPSA) is 80.2 Å². The van der Waals surface area contributed by atoms with Crippen molar-refractivity contribution in [1.29, 1.82) is 0 Å². The predicted octanol–water partition coefficient (Wildman–Crippen LogP) is 3.43. The minimum absolute atomic E-state index is 0.0311. The second-order valence-electron chi connectivity index (χ2n) is 6.35. The number of amidine groups is 1. The summed E-state index contributed by atoms with van der Waals surface area (Å²) in [5, 5.41) is 12.2. The van der Waals surface area contributed by atoms with Crippen LogP contribution in [0.4, 0.5) is 0 Å². The smallest absolute Gasteiger partial charge is 0.249 e. The minimum Gasteiger partial charge on any atom is -0.497 e. The number of nitrogens with one attached hydrogen (secondary N) is 1. The molecule has 2 aromatic carbocycles. The Hall–Kier alpha value is -2.77. The maximum atomic E-state index is 12.2. The second kappa shape index (κ2) is 10.7. The van der Waals surface area contributed by atoms with Crippen LogP contribution in [-0.4, -0.2) is 42.3 Å². The van der Waals surface area contributed by atoms with E-state index in [9.17, 15) is 4.79 Å². The Morgan fingerprint density at radius 3 is 2.62 bits per heavy atom. The van der Waals surface area contributed by atoms with Crippen molar-refractivity contribution >= 4 is 28.9 Å². The molecule has 1 amide bonds. The number of hydrogen-bond donors (Lipinski definition) is 2. The maximum absolute atomic E-state index is 12.2. The molecule has 6 nitrogen and oxygen atoms in total. The van der Waals surface area contributed by atoms with Crippen molar-refractivity contribution in [3.05, 3.63) is 65.7 Å². The normalized spacial score (nSPS) is 15.9. The molecule has 0 saturated carbocycles. The van der Waals surface area contributed by atoms with Crippen molar-refractivity contribution in [3.63, 3.8) is 0 Å². The van der Waals surface area contributed by atoms with Crippen molar-refractivity contribution in [3.8, 4) is 11.5 Å². The first-order valence-electron chi connectivity index (χ1n) is 9.35. The van der Waals surface area contributed by atoms with Gasteiger partial charge in [0.05, 0.1) is 19.8 Å². The molecule has 0 radical (unpaired) electrons. The molecule has 1 aliphatic rings. The summed E-state index contributed by atoms with van der Waals surface area (Å²) in [4.78, 5) is 16.8. The second-order valence-corrected chi connectivity index (χ2v) is 7.36. The lowest BCUT2D eigenvalue weighted by molar-refractivity contribution is -0.115. The van der Waals surface area contributed by atoms with Gasteiger partial charge in [-0.2, -0.15) is 0 Å². The molecule has 152 valence electrons. The van der Waals surface area contributed by atoms with E-state index in [0.29, 0.717) is 18.2 Å². The number of thioether (sulfide) groups is 1. The van der Waals surface area contributed by atoms with E-state index in [4.69, 9.17) is 14.6 Å². The molecular weight excluding hydrogens is 388 g/mol. The van der Waals surface area contributed by atoms with Gasteiger partial charge in [0.1, 0.15) is 11.5 Å². The van der Waals surface area contributed by atoms with Crippen LogP contribution in [0.1, 0.15) is 23.6 Å². The van der Waals surface area contributed by atoms with E-state index in [1.807, 2.05) is 48.5 Å². The van der Waals surface area contributed by atoms with Crippen molar-refractivity contribution in [2.75, 3.05) is 26.1 Å². The quantitative estimate of drug-likeness (QED) is 0.513. The van der Waals surface area contributed by atoms with E-state index >= 15 is 0 Å². The average molecular weight is 413 g/mol. The van der Waals surface area contributed by atoms with Crippen molar-refractivity contribution in [2.24, 2.45) is 4.99 Å². The summed E-state index contributed by atoms with van der Waals surface area (Å²) >= 11 is 1.54. The molecule has 0 fully saturated rings. The maximum Gasteiger partial charge on any atom is 0.249 e. The van der Waals surface area contributed by atoms with Crippen LogP contribution in [0.2, 0.25) is 0 Å². The van der Waals surface area contributed by atoms with Gasteiger partial charge in [0.25, 0.3) is 0 Å². The van der Waals surface area contributed by atoms with Crippen LogP contribution in [0.25, 0.3) is 6.08 Å². The number of carbonyl (C=O) groups is 1. The summed E-state index contributed by atoms with van der Waals surface area (Å²) in [6.45, 7) is 0.589. The van der Waals surface area contributed by atoms with Gasteiger partial charge in [-0.05, 0) is 41.5 Å². The molecule has 1 unspecified atom stereocenters.